The highest BCUT2D eigenvalue weighted by atomic mass is 16.5. The van der Waals surface area contributed by atoms with Crippen molar-refractivity contribution in [1.29, 1.82) is 0 Å². The van der Waals surface area contributed by atoms with Crippen LogP contribution in [0.2, 0.25) is 6.32 Å². The summed E-state index contributed by atoms with van der Waals surface area (Å²) in [5.74, 6) is -0.235. The van der Waals surface area contributed by atoms with Gasteiger partial charge in [-0.3, -0.25) is 9.69 Å². The Bertz CT molecular complexity index is 903. The molecule has 5 N–H and O–H groups in total. The Balaban J connectivity index is 1.67. The minimum absolute atomic E-state index is 0.114. The van der Waals surface area contributed by atoms with E-state index in [1.165, 1.54) is 0 Å². The molecule has 0 aliphatic carbocycles. The number of methoxy groups -OCH3 is 1. The zero-order valence-electron chi connectivity index (χ0n) is 19.3. The topological polar surface area (TPSA) is 116 Å². The molecule has 0 amide bonds. The van der Waals surface area contributed by atoms with Crippen LogP contribution in [0.15, 0.2) is 48.5 Å². The Kier molecular flexibility index (Phi) is 8.91. The maximum Gasteiger partial charge on any atom is 0.451 e. The van der Waals surface area contributed by atoms with E-state index in [9.17, 15) is 9.90 Å². The summed E-state index contributed by atoms with van der Waals surface area (Å²) in [7, 11) is 0.326. The molecule has 3 rings (SSSR count). The number of nitrogens with zero attached hydrogens (tertiary/aromatic N) is 1. The van der Waals surface area contributed by atoms with E-state index in [1.807, 2.05) is 30.3 Å². The molecule has 8 heteroatoms. The van der Waals surface area contributed by atoms with E-state index in [0.717, 1.165) is 42.1 Å². The number of likely N-dealkylation sites (tertiary alicyclic amines) is 1. The third kappa shape index (κ3) is 6.35. The number of unbranched alkanes of at least 4 members (excludes halogenated alkanes) is 1. The fraction of sp³-hybridized carbons (Fsp3) is 0.480. The number of carboxylic acid groups (broad SMARTS) is 1. The normalized spacial score (nSPS) is 16.8. The van der Waals surface area contributed by atoms with Crippen molar-refractivity contribution in [2.24, 2.45) is 11.7 Å². The van der Waals surface area contributed by atoms with Crippen LogP contribution in [-0.4, -0.2) is 58.9 Å². The number of rotatable bonds is 11. The number of benzene rings is 2. The van der Waals surface area contributed by atoms with E-state index >= 15 is 0 Å². The van der Waals surface area contributed by atoms with Crippen LogP contribution < -0.4 is 10.5 Å². The monoisotopic (exact) mass is 454 g/mol. The van der Waals surface area contributed by atoms with E-state index in [4.69, 9.17) is 20.5 Å². The van der Waals surface area contributed by atoms with Crippen molar-refractivity contribution in [2.75, 3.05) is 20.2 Å². The van der Waals surface area contributed by atoms with Gasteiger partial charge in [0.2, 0.25) is 0 Å². The molecule has 1 unspecified atom stereocenters. The summed E-state index contributed by atoms with van der Waals surface area (Å²) in [5.41, 5.74) is 8.54. The van der Waals surface area contributed by atoms with Gasteiger partial charge in [0.15, 0.2) is 0 Å². The number of nitrogens with two attached hydrogens (primary N) is 1. The smallest absolute Gasteiger partial charge is 0.451 e. The van der Waals surface area contributed by atoms with Gasteiger partial charge < -0.3 is 25.6 Å². The molecule has 7 nitrogen and oxygen atoms in total. The van der Waals surface area contributed by atoms with Crippen LogP contribution in [0.3, 0.4) is 0 Å². The molecule has 1 aliphatic heterocycles. The third-order valence-corrected chi connectivity index (χ3v) is 6.84. The van der Waals surface area contributed by atoms with Gasteiger partial charge >= 0.3 is 13.1 Å². The van der Waals surface area contributed by atoms with Crippen LogP contribution in [0.5, 0.6) is 5.75 Å². The standard InChI is InChI=1S/C25H35BN2O5/c1-33-23-11-7-10-21(19-8-3-2-4-9-19)22(23)18-28-16-12-20(13-17-28)25(27,24(29)30)14-5-6-15-26(31)32/h2-4,7-11,20,31-32H,5-6,12-18,27H2,1H3,(H,29,30). The van der Waals surface area contributed by atoms with Crippen molar-refractivity contribution < 1.29 is 24.7 Å². The van der Waals surface area contributed by atoms with Gasteiger partial charge in [-0.15, -0.1) is 0 Å². The van der Waals surface area contributed by atoms with Crippen LogP contribution in [-0.2, 0) is 11.3 Å². The lowest BCUT2D eigenvalue weighted by molar-refractivity contribution is -0.147. The van der Waals surface area contributed by atoms with Crippen molar-refractivity contribution >= 4 is 13.1 Å². The molecule has 0 aromatic heterocycles. The highest BCUT2D eigenvalue weighted by Crippen LogP contribution is 2.35. The Morgan fingerprint density at radius 3 is 2.42 bits per heavy atom. The largest absolute Gasteiger partial charge is 0.496 e. The molecule has 0 radical (unpaired) electrons. The Morgan fingerprint density at radius 1 is 1.12 bits per heavy atom. The zero-order chi connectivity index (χ0) is 23.8. The molecule has 1 fully saturated rings. The van der Waals surface area contributed by atoms with Gasteiger partial charge in [-0.2, -0.15) is 0 Å². The van der Waals surface area contributed by atoms with Crippen molar-refractivity contribution in [3.8, 4) is 16.9 Å². The Labute approximate surface area is 196 Å². The maximum atomic E-state index is 12.1. The number of piperidine rings is 1. The zero-order valence-corrected chi connectivity index (χ0v) is 19.3. The Hall–Kier alpha value is -2.39. The second-order valence-electron chi connectivity index (χ2n) is 8.97. The summed E-state index contributed by atoms with van der Waals surface area (Å²) in [6.07, 6.45) is 3.09. The summed E-state index contributed by atoms with van der Waals surface area (Å²) >= 11 is 0. The van der Waals surface area contributed by atoms with Crippen LogP contribution >= 0.6 is 0 Å². The summed E-state index contributed by atoms with van der Waals surface area (Å²) in [6, 6.07) is 16.3. The van der Waals surface area contributed by atoms with Gasteiger partial charge in [-0.25, -0.2) is 0 Å². The third-order valence-electron chi connectivity index (χ3n) is 6.84. The van der Waals surface area contributed by atoms with E-state index in [0.29, 0.717) is 32.1 Å². The molecule has 33 heavy (non-hydrogen) atoms. The molecule has 178 valence electrons. The van der Waals surface area contributed by atoms with E-state index < -0.39 is 18.6 Å². The van der Waals surface area contributed by atoms with Crippen molar-refractivity contribution in [3.63, 3.8) is 0 Å². The summed E-state index contributed by atoms with van der Waals surface area (Å²) in [6.45, 7) is 2.25. The molecular weight excluding hydrogens is 419 g/mol. The second kappa shape index (κ2) is 11.7. The predicted octanol–water partition coefficient (Wildman–Crippen LogP) is 3.00. The average Bonchev–Trinajstić information content (AvgIpc) is 2.82. The first kappa shape index (κ1) is 25.2. The lowest BCUT2D eigenvalue weighted by atomic mass is 9.74. The lowest BCUT2D eigenvalue weighted by Crippen LogP contribution is -2.56. The van der Waals surface area contributed by atoms with Crippen LogP contribution in [0.25, 0.3) is 11.1 Å². The van der Waals surface area contributed by atoms with Gasteiger partial charge in [-0.05, 0) is 61.8 Å². The molecule has 2 aromatic carbocycles. The molecule has 1 heterocycles. The van der Waals surface area contributed by atoms with E-state index in [-0.39, 0.29) is 12.2 Å². The molecule has 0 spiro atoms. The Morgan fingerprint density at radius 2 is 1.82 bits per heavy atom. The van der Waals surface area contributed by atoms with Gasteiger partial charge in [0.25, 0.3) is 0 Å². The quantitative estimate of drug-likeness (QED) is 0.305. The SMILES string of the molecule is COc1cccc(-c2ccccc2)c1CN1CCC(C(N)(CCCCB(O)O)C(=O)O)CC1. The van der Waals surface area contributed by atoms with Crippen molar-refractivity contribution in [2.45, 2.75) is 50.5 Å². The molecule has 2 aromatic rings. The fourth-order valence-corrected chi connectivity index (χ4v) is 4.87. The van der Waals surface area contributed by atoms with Gasteiger partial charge in [-0.1, -0.05) is 55.3 Å². The molecule has 1 aliphatic rings. The molecule has 1 atom stereocenters. The maximum absolute atomic E-state index is 12.1. The average molecular weight is 454 g/mol. The number of aliphatic carboxylic acids is 1. The van der Waals surface area contributed by atoms with Crippen LogP contribution in [0.4, 0.5) is 0 Å². The molecule has 0 saturated carbocycles. The number of carbonyl (C=O) groups is 1. The van der Waals surface area contributed by atoms with E-state index in [1.54, 1.807) is 7.11 Å². The predicted molar refractivity (Wildman–Crippen MR) is 130 cm³/mol. The van der Waals surface area contributed by atoms with Gasteiger partial charge in [0.1, 0.15) is 11.3 Å². The molecule has 1 saturated heterocycles. The number of ether oxygens (including phenoxy) is 1. The van der Waals surface area contributed by atoms with E-state index in [2.05, 4.69) is 23.1 Å². The van der Waals surface area contributed by atoms with Crippen LogP contribution in [0.1, 0.15) is 37.7 Å². The first-order valence-electron chi connectivity index (χ1n) is 11.7. The highest BCUT2D eigenvalue weighted by Gasteiger charge is 2.43. The highest BCUT2D eigenvalue weighted by molar-refractivity contribution is 6.40. The van der Waals surface area contributed by atoms with Gasteiger partial charge in [0, 0.05) is 12.1 Å². The van der Waals surface area contributed by atoms with Gasteiger partial charge in [0.05, 0.1) is 7.11 Å². The summed E-state index contributed by atoms with van der Waals surface area (Å²) in [4.78, 5) is 14.4. The number of hydrogen-bond donors (Lipinski definition) is 4. The first-order chi connectivity index (χ1) is 15.8. The minimum atomic E-state index is -1.36. The van der Waals surface area contributed by atoms with Crippen molar-refractivity contribution in [3.05, 3.63) is 54.1 Å². The summed E-state index contributed by atoms with van der Waals surface area (Å²) < 4.78 is 5.67. The minimum Gasteiger partial charge on any atom is -0.496 e. The first-order valence-corrected chi connectivity index (χ1v) is 11.7. The number of carboxylic acids is 1. The molecule has 0 bridgehead atoms. The second-order valence-corrected chi connectivity index (χ2v) is 8.97. The number of hydrogen-bond acceptors (Lipinski definition) is 6. The lowest BCUT2D eigenvalue weighted by Gasteiger charge is -2.40. The van der Waals surface area contributed by atoms with Crippen molar-refractivity contribution in [1.82, 2.24) is 4.90 Å². The fourth-order valence-electron chi connectivity index (χ4n) is 4.87. The molecular formula is C25H35BN2O5. The van der Waals surface area contributed by atoms with Crippen LogP contribution in [0, 0.1) is 5.92 Å². The summed E-state index contributed by atoms with van der Waals surface area (Å²) in [5, 5.41) is 27.9.